The summed E-state index contributed by atoms with van der Waals surface area (Å²) in [6, 6.07) is 10.7. The molecule has 1 saturated heterocycles. The van der Waals surface area contributed by atoms with Gasteiger partial charge in [0.25, 0.3) is 0 Å². The van der Waals surface area contributed by atoms with E-state index in [2.05, 4.69) is 65.5 Å². The molecule has 1 N–H and O–H groups in total. The molecule has 6 heteroatoms. The first-order valence-corrected chi connectivity index (χ1v) is 9.31. The molecule has 1 aromatic heterocycles. The monoisotopic (exact) mass is 354 g/mol. The van der Waals surface area contributed by atoms with Crippen LogP contribution in [-0.4, -0.2) is 38.7 Å². The molecule has 3 rings (SSSR count). The van der Waals surface area contributed by atoms with Gasteiger partial charge in [0.15, 0.2) is 11.8 Å². The Hall–Kier alpha value is -2.37. The highest BCUT2D eigenvalue weighted by Crippen LogP contribution is 2.29. The predicted molar refractivity (Wildman–Crippen MR) is 105 cm³/mol. The maximum absolute atomic E-state index is 4.89. The summed E-state index contributed by atoms with van der Waals surface area (Å²) < 4.78 is 2.00. The fourth-order valence-electron chi connectivity index (χ4n) is 3.28. The lowest BCUT2D eigenvalue weighted by Gasteiger charge is -2.27. The van der Waals surface area contributed by atoms with Crippen molar-refractivity contribution in [3.8, 4) is 0 Å². The minimum Gasteiger partial charge on any atom is -0.350 e. The van der Waals surface area contributed by atoms with E-state index in [1.54, 1.807) is 0 Å². The second-order valence-electron chi connectivity index (χ2n) is 7.97. The first kappa shape index (κ1) is 18.4. The minimum absolute atomic E-state index is 0.194. The highest BCUT2D eigenvalue weighted by Gasteiger charge is 2.31. The number of hydrogen-bond acceptors (Lipinski definition) is 3. The Morgan fingerprint density at radius 1 is 1.27 bits per heavy atom. The van der Waals surface area contributed by atoms with Crippen molar-refractivity contribution in [2.45, 2.75) is 46.7 Å². The van der Waals surface area contributed by atoms with Gasteiger partial charge in [-0.3, -0.25) is 0 Å². The van der Waals surface area contributed by atoms with Crippen molar-refractivity contribution < 1.29 is 0 Å². The predicted octanol–water partition coefficient (Wildman–Crippen LogP) is 3.06. The lowest BCUT2D eigenvalue weighted by atomic mass is 9.93. The molecule has 2 aromatic rings. The van der Waals surface area contributed by atoms with Crippen molar-refractivity contribution in [2.24, 2.45) is 17.5 Å². The Labute approximate surface area is 156 Å². The van der Waals surface area contributed by atoms with Gasteiger partial charge in [-0.2, -0.15) is 0 Å². The van der Waals surface area contributed by atoms with E-state index in [9.17, 15) is 0 Å². The van der Waals surface area contributed by atoms with E-state index < -0.39 is 0 Å². The molecule has 1 fully saturated rings. The Morgan fingerprint density at radius 3 is 2.58 bits per heavy atom. The third-order valence-electron chi connectivity index (χ3n) is 5.18. The topological polar surface area (TPSA) is 58.3 Å². The van der Waals surface area contributed by atoms with Gasteiger partial charge in [0.2, 0.25) is 0 Å². The van der Waals surface area contributed by atoms with Gasteiger partial charge < -0.3 is 14.8 Å². The largest absolute Gasteiger partial charge is 0.350 e. The second-order valence-corrected chi connectivity index (χ2v) is 7.97. The molecule has 1 aliphatic heterocycles. The van der Waals surface area contributed by atoms with Crippen molar-refractivity contribution in [3.63, 3.8) is 0 Å². The van der Waals surface area contributed by atoms with Crippen molar-refractivity contribution in [1.29, 1.82) is 0 Å². The Morgan fingerprint density at radius 2 is 2.00 bits per heavy atom. The summed E-state index contributed by atoms with van der Waals surface area (Å²) in [6.07, 6.45) is 1.18. The van der Waals surface area contributed by atoms with Crippen LogP contribution in [0, 0.1) is 12.3 Å². The van der Waals surface area contributed by atoms with Crippen LogP contribution in [0.25, 0.3) is 0 Å². The van der Waals surface area contributed by atoms with Gasteiger partial charge in [0.1, 0.15) is 12.4 Å². The maximum atomic E-state index is 4.89. The van der Waals surface area contributed by atoms with Gasteiger partial charge in [-0.05, 0) is 31.2 Å². The average molecular weight is 355 g/mol. The van der Waals surface area contributed by atoms with E-state index in [4.69, 9.17) is 4.99 Å². The number of guanidine groups is 1. The number of benzene rings is 1. The Bertz CT molecular complexity index is 762. The number of aliphatic imine (C=N–C) groups is 1. The quantitative estimate of drug-likeness (QED) is 0.677. The molecule has 0 radical (unpaired) electrons. The SMILES string of the molecule is Cc1nnc(CN=C(NC(C)c2ccccc2)N2CCC(C)(C)C2)n1C. The molecule has 0 aliphatic carbocycles. The molecule has 1 aromatic carbocycles. The van der Waals surface area contributed by atoms with E-state index in [1.165, 1.54) is 12.0 Å². The fraction of sp³-hybridized carbons (Fsp3) is 0.550. The zero-order valence-corrected chi connectivity index (χ0v) is 16.5. The fourth-order valence-corrected chi connectivity index (χ4v) is 3.28. The molecule has 1 aliphatic rings. The molecule has 26 heavy (non-hydrogen) atoms. The molecule has 2 heterocycles. The van der Waals surface area contributed by atoms with Crippen LogP contribution < -0.4 is 5.32 Å². The van der Waals surface area contributed by atoms with Gasteiger partial charge in [0.05, 0.1) is 6.04 Å². The summed E-state index contributed by atoms with van der Waals surface area (Å²) in [5.41, 5.74) is 1.58. The number of nitrogens with one attached hydrogen (secondary N) is 1. The van der Waals surface area contributed by atoms with E-state index in [0.717, 1.165) is 30.7 Å². The van der Waals surface area contributed by atoms with Crippen molar-refractivity contribution in [2.75, 3.05) is 13.1 Å². The van der Waals surface area contributed by atoms with Crippen molar-refractivity contribution in [3.05, 3.63) is 47.5 Å². The number of likely N-dealkylation sites (tertiary alicyclic amines) is 1. The highest BCUT2D eigenvalue weighted by atomic mass is 15.3. The van der Waals surface area contributed by atoms with Crippen LogP contribution in [0.3, 0.4) is 0 Å². The van der Waals surface area contributed by atoms with E-state index >= 15 is 0 Å². The molecule has 0 bridgehead atoms. The van der Waals surface area contributed by atoms with Crippen LogP contribution in [0.1, 0.15) is 50.4 Å². The number of aromatic nitrogens is 3. The summed E-state index contributed by atoms with van der Waals surface area (Å²) in [4.78, 5) is 7.25. The normalized spacial score (nSPS) is 18.2. The minimum atomic E-state index is 0.194. The molecule has 0 amide bonds. The van der Waals surface area contributed by atoms with Crippen LogP contribution in [0.5, 0.6) is 0 Å². The molecular weight excluding hydrogens is 324 g/mol. The lowest BCUT2D eigenvalue weighted by Crippen LogP contribution is -2.42. The van der Waals surface area contributed by atoms with E-state index in [-0.39, 0.29) is 6.04 Å². The van der Waals surface area contributed by atoms with Gasteiger partial charge in [-0.15, -0.1) is 10.2 Å². The van der Waals surface area contributed by atoms with E-state index in [0.29, 0.717) is 12.0 Å². The molecule has 0 spiro atoms. The molecule has 1 atom stereocenters. The third-order valence-corrected chi connectivity index (χ3v) is 5.18. The average Bonchev–Trinajstić information content (AvgIpc) is 3.15. The molecule has 6 nitrogen and oxygen atoms in total. The first-order chi connectivity index (χ1) is 12.4. The number of rotatable bonds is 4. The number of hydrogen-bond donors (Lipinski definition) is 1. The molecule has 0 saturated carbocycles. The number of nitrogens with zero attached hydrogens (tertiary/aromatic N) is 5. The first-order valence-electron chi connectivity index (χ1n) is 9.31. The highest BCUT2D eigenvalue weighted by molar-refractivity contribution is 5.80. The molecule has 140 valence electrons. The summed E-state index contributed by atoms with van der Waals surface area (Å²) in [5, 5.41) is 12.0. The lowest BCUT2D eigenvalue weighted by molar-refractivity contribution is 0.367. The summed E-state index contributed by atoms with van der Waals surface area (Å²) in [5.74, 6) is 2.74. The van der Waals surface area contributed by atoms with E-state index in [1.807, 2.05) is 24.6 Å². The zero-order chi connectivity index (χ0) is 18.7. The smallest absolute Gasteiger partial charge is 0.194 e. The van der Waals surface area contributed by atoms with Gasteiger partial charge in [0, 0.05) is 20.1 Å². The van der Waals surface area contributed by atoms with Gasteiger partial charge in [-0.25, -0.2) is 4.99 Å². The molecular formula is C20H30N6. The Balaban J connectivity index is 1.79. The van der Waals surface area contributed by atoms with Crippen LogP contribution in [0.15, 0.2) is 35.3 Å². The second kappa shape index (κ2) is 7.48. The Kier molecular flexibility index (Phi) is 5.30. The summed E-state index contributed by atoms with van der Waals surface area (Å²) >= 11 is 0. The van der Waals surface area contributed by atoms with Crippen LogP contribution >= 0.6 is 0 Å². The van der Waals surface area contributed by atoms with Crippen LogP contribution in [0.4, 0.5) is 0 Å². The van der Waals surface area contributed by atoms with Gasteiger partial charge in [-0.1, -0.05) is 44.2 Å². The van der Waals surface area contributed by atoms with Gasteiger partial charge >= 0.3 is 0 Å². The van der Waals surface area contributed by atoms with Crippen molar-refractivity contribution >= 4 is 5.96 Å². The summed E-state index contributed by atoms with van der Waals surface area (Å²) in [7, 11) is 1.98. The summed E-state index contributed by atoms with van der Waals surface area (Å²) in [6.45, 7) is 11.3. The third kappa shape index (κ3) is 4.23. The standard InChI is InChI=1S/C20H30N6/c1-15(17-9-7-6-8-10-17)22-19(26-12-11-20(3,4)14-26)21-13-18-24-23-16(2)25(18)5/h6-10,15H,11-14H2,1-5H3,(H,21,22). The zero-order valence-electron chi connectivity index (χ0n) is 16.5. The van der Waals surface area contributed by atoms with Crippen LogP contribution in [-0.2, 0) is 13.6 Å². The maximum Gasteiger partial charge on any atom is 0.194 e. The molecule has 1 unspecified atom stereocenters. The number of aryl methyl sites for hydroxylation is 1. The van der Waals surface area contributed by atoms with Crippen molar-refractivity contribution in [1.82, 2.24) is 25.0 Å². The van der Waals surface area contributed by atoms with Crippen LogP contribution in [0.2, 0.25) is 0 Å².